The van der Waals surface area contributed by atoms with E-state index >= 15 is 0 Å². The van der Waals surface area contributed by atoms with Crippen molar-refractivity contribution in [1.82, 2.24) is 9.88 Å². The van der Waals surface area contributed by atoms with Crippen molar-refractivity contribution >= 4 is 42.2 Å². The summed E-state index contributed by atoms with van der Waals surface area (Å²) in [6, 6.07) is 33.3. The Hall–Kier alpha value is -4.67. The smallest absolute Gasteiger partial charge is 0.261 e. The number of pyridine rings is 1. The van der Waals surface area contributed by atoms with Crippen LogP contribution < -0.4 is 10.4 Å². The van der Waals surface area contributed by atoms with E-state index < -0.39 is 32.2 Å². The molecule has 1 fully saturated rings. The summed E-state index contributed by atoms with van der Waals surface area (Å²) in [4.78, 5) is 33.7. The van der Waals surface area contributed by atoms with Crippen molar-refractivity contribution in [2.24, 2.45) is 17.8 Å². The molecule has 1 aliphatic heterocycles. The van der Waals surface area contributed by atoms with E-state index in [2.05, 4.69) is 50.0 Å². The number of rotatable bonds is 14. The highest BCUT2D eigenvalue weighted by Crippen LogP contribution is 2.47. The van der Waals surface area contributed by atoms with Crippen molar-refractivity contribution in [3.63, 3.8) is 0 Å². The van der Waals surface area contributed by atoms with Crippen LogP contribution >= 0.6 is 0 Å². The summed E-state index contributed by atoms with van der Waals surface area (Å²) in [7, 11) is -3.02. The first kappa shape index (κ1) is 39.0. The third kappa shape index (κ3) is 7.77. The van der Waals surface area contributed by atoms with Crippen LogP contribution in [0.15, 0.2) is 120 Å². The van der Waals surface area contributed by atoms with Crippen LogP contribution in [0.25, 0.3) is 11.6 Å². The summed E-state index contributed by atoms with van der Waals surface area (Å²) >= 11 is 0. The van der Waals surface area contributed by atoms with Gasteiger partial charge in [-0.1, -0.05) is 107 Å². The van der Waals surface area contributed by atoms with Gasteiger partial charge in [-0.2, -0.15) is 0 Å². The van der Waals surface area contributed by atoms with Crippen LogP contribution in [0.2, 0.25) is 5.04 Å². The highest BCUT2D eigenvalue weighted by Gasteiger charge is 2.56. The molecule has 8 nitrogen and oxygen atoms in total. The van der Waals surface area contributed by atoms with Crippen LogP contribution in [0.5, 0.6) is 5.75 Å². The second-order valence-electron chi connectivity index (χ2n) is 15.5. The number of aromatic nitrogens is 1. The number of hydrogen-bond donors (Lipinski definition) is 3. The van der Waals surface area contributed by atoms with E-state index in [1.807, 2.05) is 79.7 Å². The number of imide groups is 1. The monoisotopic (exact) mass is 744 g/mol. The zero-order valence-electron chi connectivity index (χ0n) is 31.7. The van der Waals surface area contributed by atoms with Gasteiger partial charge in [0.2, 0.25) is 11.8 Å². The number of aromatic hydroxyl groups is 1. The maximum atomic E-state index is 13.9. The Labute approximate surface area is 320 Å². The number of phenols is 1. The second-order valence-corrected chi connectivity index (χ2v) is 19.8. The predicted octanol–water partition coefficient (Wildman–Crippen LogP) is 6.37. The lowest BCUT2D eigenvalue weighted by Gasteiger charge is -2.44. The standard InChI is InChI=1S/C45H52N2O6Si/c1-5-26-47-43(51)37-28-33(30-53-54(45(2,3)4,35-14-8-6-9-15-35)36-16-10-7-11-17-36)41(38(29-48)42(37)44(47)52)40(50)24-21-32(39-18-12-13-25-46-39)27-31-19-22-34(49)23-20-31/h6-20,22-23,25,27,37-38,40,42,48-50H,5,21,24,26,28-30H2,1-4H3/b32-27-/t37-,38+,40-,42-/m1/s1. The van der Waals surface area contributed by atoms with Crippen LogP contribution in [-0.4, -0.2) is 71.2 Å². The molecule has 2 heterocycles. The zero-order valence-corrected chi connectivity index (χ0v) is 32.7. The highest BCUT2D eigenvalue weighted by molar-refractivity contribution is 6.99. The van der Waals surface area contributed by atoms with E-state index in [1.165, 1.54) is 4.90 Å². The molecule has 3 aromatic carbocycles. The lowest BCUT2D eigenvalue weighted by Crippen LogP contribution is -2.66. The quantitative estimate of drug-likeness (QED) is 0.0781. The molecule has 1 aliphatic carbocycles. The van der Waals surface area contributed by atoms with Crippen LogP contribution in [0, 0.1) is 17.8 Å². The minimum atomic E-state index is -3.02. The number of likely N-dealkylation sites (tertiary alicyclic amines) is 1. The molecule has 0 saturated carbocycles. The van der Waals surface area contributed by atoms with Crippen LogP contribution in [0.3, 0.4) is 0 Å². The summed E-state index contributed by atoms with van der Waals surface area (Å²) < 4.78 is 7.38. The zero-order chi connectivity index (χ0) is 38.5. The van der Waals surface area contributed by atoms with Crippen molar-refractivity contribution < 1.29 is 29.3 Å². The van der Waals surface area contributed by atoms with E-state index in [0.717, 1.165) is 32.8 Å². The van der Waals surface area contributed by atoms with E-state index in [0.29, 0.717) is 25.0 Å². The van der Waals surface area contributed by atoms with Gasteiger partial charge < -0.3 is 19.7 Å². The average Bonchev–Trinajstić information content (AvgIpc) is 3.41. The second kappa shape index (κ2) is 16.8. The molecule has 3 N–H and O–H groups in total. The minimum Gasteiger partial charge on any atom is -0.508 e. The van der Waals surface area contributed by atoms with Gasteiger partial charge in [0.05, 0.1) is 36.8 Å². The molecular weight excluding hydrogens is 693 g/mol. The lowest BCUT2D eigenvalue weighted by molar-refractivity contribution is -0.140. The van der Waals surface area contributed by atoms with Crippen molar-refractivity contribution in [3.8, 4) is 5.75 Å². The fraction of sp³-hybridized carbons (Fsp3) is 0.356. The Morgan fingerprint density at radius 1 is 0.926 bits per heavy atom. The SMILES string of the molecule is CCCN1C(=O)[C@@H]2[C@@H](CC(CO[Si](c3ccccc3)(c3ccccc3)C(C)(C)C)=C([C@H](O)CC/C(=C/c3ccc(O)cc3)c3ccccn3)[C@@H]2CO)C1=O. The summed E-state index contributed by atoms with van der Waals surface area (Å²) in [6.45, 7) is 8.64. The van der Waals surface area contributed by atoms with E-state index in [4.69, 9.17) is 4.43 Å². The van der Waals surface area contributed by atoms with Crippen LogP contribution in [0.1, 0.15) is 64.6 Å². The summed E-state index contributed by atoms with van der Waals surface area (Å²) in [5.41, 5.74) is 3.90. The van der Waals surface area contributed by atoms with Gasteiger partial charge in [-0.3, -0.25) is 19.5 Å². The fourth-order valence-corrected chi connectivity index (χ4v) is 13.2. The molecule has 9 heteroatoms. The Balaban J connectivity index is 1.43. The number of aliphatic hydroxyl groups excluding tert-OH is 2. The molecule has 0 radical (unpaired) electrons. The molecule has 0 spiro atoms. The number of carbonyl (C=O) groups is 2. The summed E-state index contributed by atoms with van der Waals surface area (Å²) in [5.74, 6) is -2.44. The number of allylic oxidation sites excluding steroid dienone is 1. The predicted molar refractivity (Wildman–Crippen MR) is 215 cm³/mol. The Morgan fingerprint density at radius 3 is 2.11 bits per heavy atom. The maximum absolute atomic E-state index is 13.9. The fourth-order valence-electron chi connectivity index (χ4n) is 8.60. The molecule has 4 atom stereocenters. The van der Waals surface area contributed by atoms with Crippen molar-refractivity contribution in [3.05, 3.63) is 132 Å². The van der Waals surface area contributed by atoms with Gasteiger partial charge >= 0.3 is 0 Å². The van der Waals surface area contributed by atoms with Crippen molar-refractivity contribution in [2.45, 2.75) is 64.5 Å². The minimum absolute atomic E-state index is 0.144. The van der Waals surface area contributed by atoms with E-state index in [9.17, 15) is 24.9 Å². The molecule has 2 amide bonds. The van der Waals surface area contributed by atoms with Crippen LogP contribution in [0.4, 0.5) is 0 Å². The average molecular weight is 745 g/mol. The largest absolute Gasteiger partial charge is 0.508 e. The number of fused-ring (bicyclic) bond motifs is 1. The number of aliphatic hydroxyl groups is 2. The highest BCUT2D eigenvalue weighted by atomic mass is 28.4. The first-order chi connectivity index (χ1) is 26.0. The first-order valence-electron chi connectivity index (χ1n) is 19.0. The Bertz CT molecular complexity index is 1920. The number of nitrogens with zero attached hydrogens (tertiary/aromatic N) is 2. The van der Waals surface area contributed by atoms with Gasteiger partial charge in [-0.15, -0.1) is 0 Å². The molecule has 54 heavy (non-hydrogen) atoms. The molecular formula is C45H52N2O6Si. The molecule has 0 unspecified atom stereocenters. The van der Waals surface area contributed by atoms with Crippen molar-refractivity contribution in [2.75, 3.05) is 19.8 Å². The lowest BCUT2D eigenvalue weighted by atomic mass is 9.68. The van der Waals surface area contributed by atoms with Gasteiger partial charge in [-0.05, 0) is 93.7 Å². The van der Waals surface area contributed by atoms with Crippen molar-refractivity contribution in [1.29, 1.82) is 0 Å². The summed E-state index contributed by atoms with van der Waals surface area (Å²) in [6.07, 6.45) is 4.32. The molecule has 6 rings (SSSR count). The number of phenolic OH excluding ortho intramolecular Hbond substituents is 1. The number of amides is 2. The van der Waals surface area contributed by atoms with E-state index in [-0.39, 0.29) is 48.7 Å². The third-order valence-electron chi connectivity index (χ3n) is 11.1. The normalized spacial score (nSPS) is 20.0. The third-order valence-corrected chi connectivity index (χ3v) is 16.1. The maximum Gasteiger partial charge on any atom is 0.261 e. The molecule has 282 valence electrons. The topological polar surface area (TPSA) is 120 Å². The van der Waals surface area contributed by atoms with E-state index in [1.54, 1.807) is 18.3 Å². The van der Waals surface area contributed by atoms with Gasteiger partial charge in [0, 0.05) is 18.7 Å². The molecule has 4 aromatic rings. The number of carbonyl (C=O) groups excluding carboxylic acids is 2. The molecule has 0 bridgehead atoms. The number of benzene rings is 3. The van der Waals surface area contributed by atoms with Gasteiger partial charge in [-0.25, -0.2) is 0 Å². The molecule has 2 aliphatic rings. The Morgan fingerprint density at radius 2 is 1.56 bits per heavy atom. The number of hydrogen-bond acceptors (Lipinski definition) is 7. The summed E-state index contributed by atoms with van der Waals surface area (Å²) in [5, 5.41) is 35.2. The molecule has 1 saturated heterocycles. The molecule has 1 aromatic heterocycles. The van der Waals surface area contributed by atoms with Crippen LogP contribution in [-0.2, 0) is 14.0 Å². The van der Waals surface area contributed by atoms with Gasteiger partial charge in [0.15, 0.2) is 0 Å². The van der Waals surface area contributed by atoms with Gasteiger partial charge in [0.25, 0.3) is 8.32 Å². The Kier molecular flexibility index (Phi) is 12.1. The first-order valence-corrected chi connectivity index (χ1v) is 20.9. The van der Waals surface area contributed by atoms with Gasteiger partial charge in [0.1, 0.15) is 5.75 Å².